The second-order valence-electron chi connectivity index (χ2n) is 36.1. The Morgan fingerprint density at radius 2 is 0.395 bits per heavy atom. The van der Waals surface area contributed by atoms with E-state index in [1.807, 2.05) is 133 Å². The van der Waals surface area contributed by atoms with Crippen LogP contribution in [0.4, 0.5) is 0 Å². The molecule has 3 saturated heterocycles. The standard InChI is InChI=1S/4C25H22N2O4/c28-22-16-9-1-5-14-6-2-10-17(20(14)16)23(29)26(22)13-27-24(30)18-11-3-7-15-8-4-12-19(21(15)18)25(27)31;3*28-22-18-9-14-5-1-2-6-15(14)10-19(18)23(29)26(22)13-27-24(30)20-11-16-7-3-4-8-17(16)12-21(20)25(27)31/h1,3,5,7,9,11,17,19H,2,4,6,8,10,12-13H2;9-12H,1-8,13H2;1-2,5-6,11-12,18-19H,3-4,7-10,13H2;1-8,18-21H,9-13H2. The van der Waals surface area contributed by atoms with Gasteiger partial charge in [-0.1, -0.05) is 97.1 Å². The molecule has 0 radical (unpaired) electrons. The molecule has 8 aromatic carbocycles. The highest BCUT2D eigenvalue weighted by molar-refractivity contribution is 6.25. The molecule has 16 amide bonds. The summed E-state index contributed by atoms with van der Waals surface area (Å²) in [7, 11) is 0. The minimum atomic E-state index is -0.427. The van der Waals surface area contributed by atoms with Gasteiger partial charge < -0.3 is 0 Å². The molecular formula is C100H88N8O16. The average Bonchev–Trinajstić information content (AvgIpc) is 1.14. The van der Waals surface area contributed by atoms with Crippen molar-refractivity contribution in [1.82, 2.24) is 39.2 Å². The smallest absolute Gasteiger partial charge is 0.263 e. The van der Waals surface area contributed by atoms with E-state index in [1.54, 1.807) is 12.1 Å². The molecule has 0 aromatic heterocycles. The number of imide groups is 8. The van der Waals surface area contributed by atoms with Gasteiger partial charge in [0.25, 0.3) is 47.3 Å². The Morgan fingerprint density at radius 3 is 0.645 bits per heavy atom. The summed E-state index contributed by atoms with van der Waals surface area (Å²) in [6, 6.07) is 45.8. The number of fused-ring (bicyclic) bond motifs is 12. The fourth-order valence-corrected chi connectivity index (χ4v) is 22.9. The van der Waals surface area contributed by atoms with Gasteiger partial charge in [0.05, 0.1) is 80.7 Å². The topological polar surface area (TPSA) is 299 Å². The van der Waals surface area contributed by atoms with Gasteiger partial charge in [-0.25, -0.2) is 0 Å². The first kappa shape index (κ1) is 78.2. The number of nitrogens with zero attached hydrogens (tertiary/aromatic N) is 8. The summed E-state index contributed by atoms with van der Waals surface area (Å²) < 4.78 is 0. The van der Waals surface area contributed by atoms with Crippen LogP contribution < -0.4 is 0 Å². The molecule has 16 aliphatic rings. The van der Waals surface area contributed by atoms with Crippen molar-refractivity contribution < 1.29 is 76.7 Å². The van der Waals surface area contributed by atoms with Crippen LogP contribution in [0.5, 0.6) is 0 Å². The van der Waals surface area contributed by atoms with Gasteiger partial charge in [0.1, 0.15) is 26.7 Å². The summed E-state index contributed by atoms with van der Waals surface area (Å²) in [4.78, 5) is 219. The van der Waals surface area contributed by atoms with Gasteiger partial charge in [0.15, 0.2) is 0 Å². The minimum absolute atomic E-state index is 0.248. The molecule has 8 aromatic rings. The Morgan fingerprint density at radius 1 is 0.194 bits per heavy atom. The number of carbonyl (C=O) groups excluding carboxylic acids is 16. The van der Waals surface area contributed by atoms with Gasteiger partial charge in [0.2, 0.25) is 47.3 Å². The molecule has 8 aliphatic carbocycles. The molecule has 0 spiro atoms. The predicted octanol–water partition coefficient (Wildman–Crippen LogP) is 10.7. The number of benzene rings is 8. The highest BCUT2D eigenvalue weighted by Gasteiger charge is 2.57. The van der Waals surface area contributed by atoms with Crippen LogP contribution in [0.15, 0.2) is 146 Å². The zero-order valence-corrected chi connectivity index (χ0v) is 68.4. The third kappa shape index (κ3) is 12.6. The second-order valence-corrected chi connectivity index (χ2v) is 36.1. The van der Waals surface area contributed by atoms with Crippen molar-refractivity contribution in [3.63, 3.8) is 0 Å². The van der Waals surface area contributed by atoms with E-state index in [4.69, 9.17) is 0 Å². The Bertz CT molecular complexity index is 5680. The van der Waals surface area contributed by atoms with E-state index in [2.05, 4.69) is 0 Å². The summed E-state index contributed by atoms with van der Waals surface area (Å²) in [5.41, 5.74) is 20.6. The lowest BCUT2D eigenvalue weighted by Crippen LogP contribution is -2.55. The quantitative estimate of drug-likeness (QED) is 0.128. The lowest BCUT2D eigenvalue weighted by atomic mass is 9.76. The first-order valence-electron chi connectivity index (χ1n) is 43.9. The van der Waals surface area contributed by atoms with Gasteiger partial charge >= 0.3 is 0 Å². The average molecular weight is 1660 g/mol. The molecule has 24 rings (SSSR count). The maximum Gasteiger partial charge on any atom is 0.263 e. The van der Waals surface area contributed by atoms with E-state index >= 15 is 0 Å². The van der Waals surface area contributed by atoms with Crippen molar-refractivity contribution in [3.8, 4) is 0 Å². The van der Waals surface area contributed by atoms with Crippen molar-refractivity contribution in [1.29, 1.82) is 0 Å². The molecule has 0 saturated carbocycles. The van der Waals surface area contributed by atoms with E-state index in [0.717, 1.165) is 231 Å². The summed E-state index contributed by atoms with van der Waals surface area (Å²) in [5.74, 6) is -8.72. The minimum Gasteiger partial charge on any atom is -0.274 e. The first-order chi connectivity index (χ1) is 60.1. The van der Waals surface area contributed by atoms with Crippen LogP contribution in [0.25, 0.3) is 0 Å². The molecule has 3 fully saturated rings. The molecule has 24 heteroatoms. The van der Waals surface area contributed by atoms with Crippen molar-refractivity contribution in [2.24, 2.45) is 35.5 Å². The van der Waals surface area contributed by atoms with E-state index < -0.39 is 82.8 Å². The fourth-order valence-electron chi connectivity index (χ4n) is 22.9. The van der Waals surface area contributed by atoms with Gasteiger partial charge in [-0.15, -0.1) is 0 Å². The van der Waals surface area contributed by atoms with E-state index in [1.165, 1.54) is 0 Å². The van der Waals surface area contributed by atoms with Gasteiger partial charge in [-0.3, -0.25) is 116 Å². The van der Waals surface area contributed by atoms with Crippen LogP contribution in [0.2, 0.25) is 0 Å². The third-order valence-corrected chi connectivity index (χ3v) is 29.4. The SMILES string of the molecule is O=C1C2Cc3ccccc3CC2C(=O)N1CN1C(=O)C2Cc3ccccc3CC2C1=O.O=C1c2cc3c(cc2C(=O)N1CN1C(=O)C2Cc4ccccc4CC2C1=O)CCCC3.O=C1c2cc3c(cc2C(=O)N1CN1C(=O)c2cc4c(cc2C1=O)CCCC4)CCCC3.O=C1c2cccc3c2C(CCC3)C(=O)N1CN1C(=O)c2cccc3c2C(CCC3)C1=O. The maximum atomic E-state index is 13.3. The number of amides is 16. The third-order valence-electron chi connectivity index (χ3n) is 29.4. The van der Waals surface area contributed by atoms with Crippen LogP contribution in [0, 0.1) is 35.5 Å². The van der Waals surface area contributed by atoms with E-state index in [0.29, 0.717) is 95.9 Å². The Kier molecular flexibility index (Phi) is 19.2. The van der Waals surface area contributed by atoms with E-state index in [-0.39, 0.29) is 85.8 Å². The molecule has 0 bridgehead atoms. The number of rotatable bonds is 8. The van der Waals surface area contributed by atoms with Crippen molar-refractivity contribution in [3.05, 3.63) is 279 Å². The van der Waals surface area contributed by atoms with Gasteiger partial charge in [-0.05, 0) is 292 Å². The molecule has 8 unspecified atom stereocenters. The molecule has 0 N–H and O–H groups in total. The molecule has 8 heterocycles. The Balaban J connectivity index is 0.000000101. The maximum absolute atomic E-state index is 13.3. The van der Waals surface area contributed by atoms with Crippen LogP contribution in [0.3, 0.4) is 0 Å². The Hall–Kier alpha value is -13.1. The van der Waals surface area contributed by atoms with Crippen LogP contribution >= 0.6 is 0 Å². The number of hydrogen-bond acceptors (Lipinski definition) is 16. The monoisotopic (exact) mass is 1660 g/mol. The fraction of sp³-hybridized carbons (Fsp3) is 0.360. The van der Waals surface area contributed by atoms with Crippen molar-refractivity contribution in [2.75, 3.05) is 26.7 Å². The highest BCUT2D eigenvalue weighted by Crippen LogP contribution is 2.47. The largest absolute Gasteiger partial charge is 0.274 e. The molecule has 624 valence electrons. The van der Waals surface area contributed by atoms with Crippen LogP contribution in [-0.2, 0) is 128 Å². The summed E-state index contributed by atoms with van der Waals surface area (Å²) in [6.45, 7) is -1.19. The second kappa shape index (κ2) is 30.4. The normalized spacial score (nSPS) is 24.3. The van der Waals surface area contributed by atoms with Crippen LogP contribution in [-0.4, -0.2) is 160 Å². The lowest BCUT2D eigenvalue weighted by Gasteiger charge is -2.41. The van der Waals surface area contributed by atoms with Crippen molar-refractivity contribution >= 4 is 94.5 Å². The summed E-state index contributed by atoms with van der Waals surface area (Å²) >= 11 is 0. The summed E-state index contributed by atoms with van der Waals surface area (Å²) in [6.07, 6.45) is 20.0. The predicted molar refractivity (Wildman–Crippen MR) is 445 cm³/mol. The molecule has 8 atom stereocenters. The molecule has 24 nitrogen and oxygen atoms in total. The molecular weight excluding hydrogens is 1570 g/mol. The van der Waals surface area contributed by atoms with Crippen LogP contribution in [0.1, 0.15) is 248 Å². The zero-order valence-electron chi connectivity index (χ0n) is 68.4. The van der Waals surface area contributed by atoms with E-state index in [9.17, 15) is 76.7 Å². The number of aryl methyl sites for hydroxylation is 8. The number of hydrogen-bond donors (Lipinski definition) is 0. The number of likely N-dealkylation sites (tertiary alicyclic amines) is 3. The Labute approximate surface area is 713 Å². The zero-order chi connectivity index (χ0) is 85.1. The molecule has 124 heavy (non-hydrogen) atoms. The van der Waals surface area contributed by atoms with Gasteiger partial charge in [0, 0.05) is 11.1 Å². The first-order valence-corrected chi connectivity index (χ1v) is 43.9. The van der Waals surface area contributed by atoms with Gasteiger partial charge in [-0.2, -0.15) is 0 Å². The highest BCUT2D eigenvalue weighted by atomic mass is 16.2. The number of carbonyl (C=O) groups is 16. The lowest BCUT2D eigenvalue weighted by molar-refractivity contribution is -0.150. The van der Waals surface area contributed by atoms with Crippen molar-refractivity contribution in [2.45, 2.75) is 166 Å². The summed E-state index contributed by atoms with van der Waals surface area (Å²) in [5, 5.41) is 0. The molecule has 8 aliphatic heterocycles.